The first-order chi connectivity index (χ1) is 11.6. The van der Waals surface area contributed by atoms with Crippen molar-refractivity contribution in [1.29, 1.82) is 0 Å². The van der Waals surface area contributed by atoms with Gasteiger partial charge in [-0.05, 0) is 6.07 Å². The van der Waals surface area contributed by atoms with Gasteiger partial charge in [0.15, 0.2) is 0 Å². The maximum atomic E-state index is 13.6. The maximum absolute atomic E-state index is 13.6. The molecule has 0 atom stereocenters. The van der Waals surface area contributed by atoms with Gasteiger partial charge in [0, 0.05) is 49.8 Å². The number of carbonyl (C=O) groups is 1. The fraction of sp³-hybridized carbons (Fsp3) is 0.412. The number of nitrogens with zero attached hydrogens (tertiary/aromatic N) is 4. The van der Waals surface area contributed by atoms with Gasteiger partial charge in [-0.15, -0.1) is 0 Å². The Hall–Kier alpha value is -2.64. The normalized spacial score (nSPS) is 15.8. The maximum Gasteiger partial charge on any atom is 0.303 e. The van der Waals surface area contributed by atoms with Crippen LogP contribution in [-0.4, -0.2) is 27.4 Å². The molecule has 6 nitrogen and oxygen atoms in total. The van der Waals surface area contributed by atoms with Crippen molar-refractivity contribution in [2.75, 3.05) is 16.8 Å². The second-order valence-electron chi connectivity index (χ2n) is 6.86. The zero-order chi connectivity index (χ0) is 18.4. The van der Waals surface area contributed by atoms with Crippen LogP contribution in [0, 0.1) is 0 Å². The Morgan fingerprint density at radius 3 is 2.72 bits per heavy atom. The molecule has 0 fully saturated rings. The van der Waals surface area contributed by atoms with E-state index in [1.54, 1.807) is 18.3 Å². The van der Waals surface area contributed by atoms with Crippen LogP contribution in [0.4, 0.5) is 26.1 Å². The zero-order valence-electron chi connectivity index (χ0n) is 14.5. The molecule has 0 radical (unpaired) electrons. The number of halogens is 2. The van der Waals surface area contributed by atoms with E-state index < -0.39 is 11.7 Å². The molecule has 0 bridgehead atoms. The minimum atomic E-state index is -3.12. The number of nitrogens with one attached hydrogen (secondary N) is 1. The summed E-state index contributed by atoms with van der Waals surface area (Å²) >= 11 is 0. The second-order valence-corrected chi connectivity index (χ2v) is 6.86. The number of carbonyl (C=O) groups excluding carboxylic acids is 1. The highest BCUT2D eigenvalue weighted by atomic mass is 19.3. The van der Waals surface area contributed by atoms with E-state index in [0.29, 0.717) is 18.2 Å². The van der Waals surface area contributed by atoms with Crippen LogP contribution in [-0.2, 0) is 16.1 Å². The van der Waals surface area contributed by atoms with Crippen LogP contribution in [0.25, 0.3) is 0 Å². The summed E-state index contributed by atoms with van der Waals surface area (Å²) in [7, 11) is 0. The van der Waals surface area contributed by atoms with Crippen molar-refractivity contribution in [1.82, 2.24) is 15.0 Å². The molecule has 0 unspecified atom stereocenters. The first-order valence-corrected chi connectivity index (χ1v) is 7.85. The van der Waals surface area contributed by atoms with Gasteiger partial charge in [0.25, 0.3) is 0 Å². The molecule has 3 heterocycles. The summed E-state index contributed by atoms with van der Waals surface area (Å²) in [5.41, 5.74) is 1.51. The quantitative estimate of drug-likeness (QED) is 0.922. The molecule has 25 heavy (non-hydrogen) atoms. The minimum Gasteiger partial charge on any atom is -0.325 e. The minimum absolute atomic E-state index is 0.230. The first kappa shape index (κ1) is 17.2. The van der Waals surface area contributed by atoms with Crippen LogP contribution in [0.5, 0.6) is 0 Å². The number of aromatic nitrogens is 3. The third kappa shape index (κ3) is 3.29. The predicted molar refractivity (Wildman–Crippen MR) is 90.2 cm³/mol. The molecule has 132 valence electrons. The fourth-order valence-corrected chi connectivity index (χ4v) is 2.92. The molecule has 1 amide bonds. The number of hydrogen-bond donors (Lipinski definition) is 1. The monoisotopic (exact) mass is 347 g/mol. The van der Waals surface area contributed by atoms with Crippen LogP contribution >= 0.6 is 0 Å². The van der Waals surface area contributed by atoms with Gasteiger partial charge in [-0.1, -0.05) is 13.8 Å². The number of hydrogen-bond acceptors (Lipinski definition) is 5. The van der Waals surface area contributed by atoms with Gasteiger partial charge in [0.05, 0.1) is 5.69 Å². The molecule has 0 aromatic carbocycles. The molecule has 1 aliphatic heterocycles. The summed E-state index contributed by atoms with van der Waals surface area (Å²) in [5, 5.41) is 2.64. The molecule has 0 saturated heterocycles. The summed E-state index contributed by atoms with van der Waals surface area (Å²) in [6, 6.07) is 3.33. The smallest absolute Gasteiger partial charge is 0.303 e. The van der Waals surface area contributed by atoms with E-state index in [-0.39, 0.29) is 11.3 Å². The number of alkyl halides is 2. The predicted octanol–water partition coefficient (Wildman–Crippen LogP) is 3.37. The van der Waals surface area contributed by atoms with Gasteiger partial charge in [-0.3, -0.25) is 4.79 Å². The lowest BCUT2D eigenvalue weighted by Crippen LogP contribution is -2.26. The highest BCUT2D eigenvalue weighted by Gasteiger charge is 2.38. The summed E-state index contributed by atoms with van der Waals surface area (Å²) in [6.07, 6.45) is 3.03. The van der Waals surface area contributed by atoms with Crippen molar-refractivity contribution < 1.29 is 13.6 Å². The average molecular weight is 347 g/mol. The molecular formula is C17H19F2N5O. The molecule has 1 N–H and O–H groups in total. The molecule has 0 aliphatic carbocycles. The van der Waals surface area contributed by atoms with E-state index in [2.05, 4.69) is 20.3 Å². The average Bonchev–Trinajstić information content (AvgIpc) is 2.77. The summed E-state index contributed by atoms with van der Waals surface area (Å²) in [4.78, 5) is 25.1. The summed E-state index contributed by atoms with van der Waals surface area (Å²) in [6.45, 7) is 6.81. The topological polar surface area (TPSA) is 71.0 Å². The van der Waals surface area contributed by atoms with E-state index in [1.807, 2.05) is 18.7 Å². The van der Waals surface area contributed by atoms with Crippen LogP contribution in [0.3, 0.4) is 0 Å². The van der Waals surface area contributed by atoms with E-state index >= 15 is 0 Å². The molecule has 2 aromatic heterocycles. The highest BCUT2D eigenvalue weighted by Crippen LogP contribution is 2.44. The molecule has 1 aliphatic rings. The van der Waals surface area contributed by atoms with E-state index in [9.17, 15) is 13.6 Å². The zero-order valence-corrected chi connectivity index (χ0v) is 14.5. The Bertz CT molecular complexity index is 832. The lowest BCUT2D eigenvalue weighted by molar-refractivity contribution is -0.114. The SMILES string of the molecule is CC(=O)Nc1cc2c(cn1)C(C)(C)CN2c1ccnc(C(C)(F)F)n1. The van der Waals surface area contributed by atoms with E-state index in [0.717, 1.165) is 18.2 Å². The van der Waals surface area contributed by atoms with Crippen molar-refractivity contribution in [2.45, 2.75) is 39.0 Å². The van der Waals surface area contributed by atoms with Crippen molar-refractivity contribution in [3.05, 3.63) is 35.9 Å². The van der Waals surface area contributed by atoms with Crippen LogP contribution in [0.15, 0.2) is 24.5 Å². The van der Waals surface area contributed by atoms with Crippen molar-refractivity contribution in [3.63, 3.8) is 0 Å². The summed E-state index contributed by atoms with van der Waals surface area (Å²) in [5.74, 6) is -3.07. The highest BCUT2D eigenvalue weighted by molar-refractivity contribution is 5.88. The third-order valence-electron chi connectivity index (χ3n) is 4.07. The number of amides is 1. The Kier molecular flexibility index (Phi) is 3.93. The van der Waals surface area contributed by atoms with Gasteiger partial charge in [-0.25, -0.2) is 15.0 Å². The van der Waals surface area contributed by atoms with Crippen molar-refractivity contribution in [2.24, 2.45) is 0 Å². The van der Waals surface area contributed by atoms with Gasteiger partial charge >= 0.3 is 5.92 Å². The van der Waals surface area contributed by atoms with Gasteiger partial charge in [0.2, 0.25) is 11.7 Å². The standard InChI is InChI=1S/C17H19F2N5O/c1-10(25)22-13-7-12-11(8-21-13)16(2,3)9-24(12)14-5-6-20-15(23-14)17(4,18)19/h5-8H,9H2,1-4H3,(H,21,22,25). The molecular weight excluding hydrogens is 328 g/mol. The number of pyridine rings is 1. The second kappa shape index (κ2) is 5.72. The first-order valence-electron chi connectivity index (χ1n) is 7.85. The molecule has 0 saturated carbocycles. The molecule has 2 aromatic rings. The lowest BCUT2D eigenvalue weighted by atomic mass is 9.88. The van der Waals surface area contributed by atoms with Crippen LogP contribution in [0.2, 0.25) is 0 Å². The Labute approximate surface area is 144 Å². The van der Waals surface area contributed by atoms with Gasteiger partial charge in [0.1, 0.15) is 11.6 Å². The molecule has 0 spiro atoms. The Balaban J connectivity index is 2.07. The van der Waals surface area contributed by atoms with Crippen LogP contribution < -0.4 is 10.2 Å². The van der Waals surface area contributed by atoms with Crippen molar-refractivity contribution in [3.8, 4) is 0 Å². The largest absolute Gasteiger partial charge is 0.325 e. The number of anilines is 3. The number of rotatable bonds is 3. The number of fused-ring (bicyclic) bond motifs is 1. The Morgan fingerprint density at radius 1 is 1.36 bits per heavy atom. The Morgan fingerprint density at radius 2 is 2.08 bits per heavy atom. The fourth-order valence-electron chi connectivity index (χ4n) is 2.92. The van der Waals surface area contributed by atoms with Gasteiger partial charge in [-0.2, -0.15) is 8.78 Å². The third-order valence-corrected chi connectivity index (χ3v) is 4.07. The van der Waals surface area contributed by atoms with Crippen LogP contribution in [0.1, 0.15) is 39.1 Å². The van der Waals surface area contributed by atoms with Crippen molar-refractivity contribution >= 4 is 23.2 Å². The summed E-state index contributed by atoms with van der Waals surface area (Å²) < 4.78 is 27.2. The van der Waals surface area contributed by atoms with E-state index in [4.69, 9.17) is 0 Å². The molecule has 8 heteroatoms. The lowest BCUT2D eigenvalue weighted by Gasteiger charge is -2.22. The molecule has 3 rings (SSSR count). The van der Waals surface area contributed by atoms with Gasteiger partial charge < -0.3 is 10.2 Å². The van der Waals surface area contributed by atoms with E-state index in [1.165, 1.54) is 13.1 Å².